The summed E-state index contributed by atoms with van der Waals surface area (Å²) in [5.41, 5.74) is 3.71. The van der Waals surface area contributed by atoms with Crippen molar-refractivity contribution >= 4 is 23.3 Å². The van der Waals surface area contributed by atoms with E-state index in [1.165, 1.54) is 17.3 Å². The highest BCUT2D eigenvalue weighted by Crippen LogP contribution is 2.23. The lowest BCUT2D eigenvalue weighted by Gasteiger charge is -2.20. The minimum atomic E-state index is -0.198. The first kappa shape index (κ1) is 11.3. The van der Waals surface area contributed by atoms with E-state index in [9.17, 15) is 4.79 Å². The SMILES string of the molecule is O=C(Nc1cccc2c1CCNC2)c1cnsn1. The van der Waals surface area contributed by atoms with E-state index in [0.29, 0.717) is 5.69 Å². The molecule has 0 bridgehead atoms. The number of anilines is 1. The van der Waals surface area contributed by atoms with E-state index in [4.69, 9.17) is 0 Å². The van der Waals surface area contributed by atoms with Gasteiger partial charge in [-0.25, -0.2) is 0 Å². The maximum absolute atomic E-state index is 11.9. The van der Waals surface area contributed by atoms with Gasteiger partial charge in [-0.3, -0.25) is 4.79 Å². The quantitative estimate of drug-likeness (QED) is 0.857. The lowest BCUT2D eigenvalue weighted by molar-refractivity contribution is 0.102. The molecule has 0 atom stereocenters. The average Bonchev–Trinajstić information content (AvgIpc) is 2.93. The van der Waals surface area contributed by atoms with Gasteiger partial charge >= 0.3 is 0 Å². The number of hydrogen-bond acceptors (Lipinski definition) is 5. The molecule has 92 valence electrons. The van der Waals surface area contributed by atoms with Crippen LogP contribution in [-0.2, 0) is 13.0 Å². The predicted molar refractivity (Wildman–Crippen MR) is 69.7 cm³/mol. The van der Waals surface area contributed by atoms with Crippen molar-refractivity contribution in [2.75, 3.05) is 11.9 Å². The van der Waals surface area contributed by atoms with Crippen molar-refractivity contribution in [3.05, 3.63) is 41.2 Å². The van der Waals surface area contributed by atoms with Crippen LogP contribution >= 0.6 is 11.7 Å². The second-order valence-electron chi connectivity index (χ2n) is 4.12. The Morgan fingerprint density at radius 3 is 3.22 bits per heavy atom. The summed E-state index contributed by atoms with van der Waals surface area (Å²) in [7, 11) is 0. The molecule has 1 aromatic heterocycles. The van der Waals surface area contributed by atoms with Crippen molar-refractivity contribution < 1.29 is 4.79 Å². The summed E-state index contributed by atoms with van der Waals surface area (Å²) in [6.07, 6.45) is 2.41. The van der Waals surface area contributed by atoms with Crippen LogP contribution in [-0.4, -0.2) is 21.2 Å². The lowest BCUT2D eigenvalue weighted by atomic mass is 9.99. The van der Waals surface area contributed by atoms with Gasteiger partial charge in [-0.15, -0.1) is 0 Å². The molecule has 3 rings (SSSR count). The molecular formula is C12H12N4OS. The Morgan fingerprint density at radius 2 is 2.39 bits per heavy atom. The molecule has 0 unspecified atom stereocenters. The van der Waals surface area contributed by atoms with Gasteiger partial charge in [0.05, 0.1) is 17.9 Å². The summed E-state index contributed by atoms with van der Waals surface area (Å²) in [5, 5.41) is 6.23. The Kier molecular flexibility index (Phi) is 3.04. The van der Waals surface area contributed by atoms with Crippen LogP contribution in [0.1, 0.15) is 21.6 Å². The molecule has 1 amide bonds. The van der Waals surface area contributed by atoms with Crippen LogP contribution in [0.2, 0.25) is 0 Å². The highest BCUT2D eigenvalue weighted by molar-refractivity contribution is 6.99. The number of carbonyl (C=O) groups is 1. The molecule has 0 saturated carbocycles. The van der Waals surface area contributed by atoms with Crippen LogP contribution in [0.25, 0.3) is 0 Å². The summed E-state index contributed by atoms with van der Waals surface area (Å²) in [6.45, 7) is 1.80. The number of nitrogens with one attached hydrogen (secondary N) is 2. The normalized spacial score (nSPS) is 14.0. The van der Waals surface area contributed by atoms with Crippen molar-refractivity contribution in [2.24, 2.45) is 0 Å². The van der Waals surface area contributed by atoms with Crippen molar-refractivity contribution in [1.29, 1.82) is 0 Å². The first-order chi connectivity index (χ1) is 8.84. The molecule has 1 aliphatic rings. The molecule has 0 fully saturated rings. The van der Waals surface area contributed by atoms with Crippen LogP contribution in [0, 0.1) is 0 Å². The zero-order valence-corrected chi connectivity index (χ0v) is 10.5. The topological polar surface area (TPSA) is 66.9 Å². The summed E-state index contributed by atoms with van der Waals surface area (Å²) in [5.74, 6) is -0.198. The minimum absolute atomic E-state index is 0.198. The van der Waals surface area contributed by atoms with Gasteiger partial charge < -0.3 is 10.6 Å². The van der Waals surface area contributed by atoms with Gasteiger partial charge in [-0.2, -0.15) is 8.75 Å². The summed E-state index contributed by atoms with van der Waals surface area (Å²) in [4.78, 5) is 11.9. The van der Waals surface area contributed by atoms with Crippen LogP contribution in [0.5, 0.6) is 0 Å². The predicted octanol–water partition coefficient (Wildman–Crippen LogP) is 1.44. The van der Waals surface area contributed by atoms with Crippen molar-refractivity contribution in [2.45, 2.75) is 13.0 Å². The molecule has 0 saturated heterocycles. The molecule has 5 nitrogen and oxygen atoms in total. The van der Waals surface area contributed by atoms with E-state index >= 15 is 0 Å². The monoisotopic (exact) mass is 260 g/mol. The number of fused-ring (bicyclic) bond motifs is 1. The number of hydrogen-bond donors (Lipinski definition) is 2. The molecule has 2 N–H and O–H groups in total. The van der Waals surface area contributed by atoms with Gasteiger partial charge in [-0.05, 0) is 30.2 Å². The van der Waals surface area contributed by atoms with Gasteiger partial charge in [0.25, 0.3) is 5.91 Å². The summed E-state index contributed by atoms with van der Waals surface area (Å²) < 4.78 is 7.76. The maximum atomic E-state index is 11.9. The highest BCUT2D eigenvalue weighted by Gasteiger charge is 2.15. The molecule has 2 heterocycles. The van der Waals surface area contributed by atoms with Crippen LogP contribution in [0.4, 0.5) is 5.69 Å². The highest BCUT2D eigenvalue weighted by atomic mass is 32.1. The fourth-order valence-electron chi connectivity index (χ4n) is 2.10. The Hall–Kier alpha value is -1.79. The maximum Gasteiger partial charge on any atom is 0.277 e. The number of aromatic nitrogens is 2. The first-order valence-corrected chi connectivity index (χ1v) is 6.48. The standard InChI is InChI=1S/C12H12N4OS/c17-12(11-7-14-18-16-11)15-10-3-1-2-8-6-13-5-4-9(8)10/h1-3,7,13H,4-6H2,(H,15,17). The number of amides is 1. The fourth-order valence-corrected chi connectivity index (χ4v) is 2.51. The number of rotatable bonds is 2. The van der Waals surface area contributed by atoms with Gasteiger partial charge in [0.15, 0.2) is 5.69 Å². The van der Waals surface area contributed by atoms with E-state index in [0.717, 1.165) is 36.9 Å². The van der Waals surface area contributed by atoms with Gasteiger partial charge in [-0.1, -0.05) is 12.1 Å². The van der Waals surface area contributed by atoms with E-state index in [-0.39, 0.29) is 5.91 Å². The van der Waals surface area contributed by atoms with Crippen molar-refractivity contribution in [1.82, 2.24) is 14.1 Å². The van der Waals surface area contributed by atoms with Crippen molar-refractivity contribution in [3.63, 3.8) is 0 Å². The van der Waals surface area contributed by atoms with Crippen LogP contribution < -0.4 is 10.6 Å². The first-order valence-electron chi connectivity index (χ1n) is 5.75. The van der Waals surface area contributed by atoms with Crippen LogP contribution in [0.15, 0.2) is 24.4 Å². The summed E-state index contributed by atoms with van der Waals surface area (Å²) in [6, 6.07) is 5.98. The Bertz CT molecular complexity index is 567. The molecule has 0 radical (unpaired) electrons. The molecule has 0 aliphatic carbocycles. The Labute approximate surface area is 109 Å². The third-order valence-electron chi connectivity index (χ3n) is 2.98. The van der Waals surface area contributed by atoms with Crippen LogP contribution in [0.3, 0.4) is 0 Å². The van der Waals surface area contributed by atoms with Gasteiger partial charge in [0, 0.05) is 12.2 Å². The van der Waals surface area contributed by atoms with Gasteiger partial charge in [0.2, 0.25) is 0 Å². The second kappa shape index (κ2) is 4.83. The second-order valence-corrected chi connectivity index (χ2v) is 4.67. The zero-order chi connectivity index (χ0) is 12.4. The lowest BCUT2D eigenvalue weighted by Crippen LogP contribution is -2.25. The summed E-state index contributed by atoms with van der Waals surface area (Å²) >= 11 is 1.04. The third kappa shape index (κ3) is 2.12. The molecule has 0 spiro atoms. The fraction of sp³-hybridized carbons (Fsp3) is 0.250. The molecule has 18 heavy (non-hydrogen) atoms. The third-order valence-corrected chi connectivity index (χ3v) is 3.46. The Balaban J connectivity index is 1.87. The molecular weight excluding hydrogens is 248 g/mol. The van der Waals surface area contributed by atoms with E-state index in [1.54, 1.807) is 0 Å². The largest absolute Gasteiger partial charge is 0.320 e. The Morgan fingerprint density at radius 1 is 1.44 bits per heavy atom. The molecule has 2 aromatic rings. The number of carbonyl (C=O) groups excluding carboxylic acids is 1. The molecule has 6 heteroatoms. The van der Waals surface area contributed by atoms with Crippen molar-refractivity contribution in [3.8, 4) is 0 Å². The molecule has 1 aliphatic heterocycles. The van der Waals surface area contributed by atoms with E-state index < -0.39 is 0 Å². The smallest absolute Gasteiger partial charge is 0.277 e. The van der Waals surface area contributed by atoms with E-state index in [2.05, 4.69) is 25.4 Å². The molecule has 1 aromatic carbocycles. The number of nitrogens with zero attached hydrogens (tertiary/aromatic N) is 2. The van der Waals surface area contributed by atoms with Gasteiger partial charge in [0.1, 0.15) is 0 Å². The number of benzene rings is 1. The average molecular weight is 260 g/mol. The van der Waals surface area contributed by atoms with E-state index in [1.807, 2.05) is 12.1 Å². The zero-order valence-electron chi connectivity index (χ0n) is 9.64. The minimum Gasteiger partial charge on any atom is -0.320 e.